The molecule has 1 aromatic rings. The van der Waals surface area contributed by atoms with Crippen molar-refractivity contribution in [3.05, 3.63) is 35.9 Å². The van der Waals surface area contributed by atoms with Crippen molar-refractivity contribution in [1.82, 2.24) is 15.3 Å². The maximum absolute atomic E-state index is 11.0. The zero-order valence-corrected chi connectivity index (χ0v) is 9.47. The molecular formula is C12H15N3O2. The molecule has 1 aromatic heterocycles. The molecular weight excluding hydrogens is 218 g/mol. The Morgan fingerprint density at radius 1 is 1.53 bits per heavy atom. The molecule has 0 radical (unpaired) electrons. The maximum Gasteiger partial charge on any atom is 0.339 e. The SMILES string of the molecule is O=C(O)c1cncnc1CNC1CC=CCC1. The summed E-state index contributed by atoms with van der Waals surface area (Å²) in [6, 6.07) is 0.414. The summed E-state index contributed by atoms with van der Waals surface area (Å²) in [7, 11) is 0. The number of allylic oxidation sites excluding steroid dienone is 1. The molecule has 1 aliphatic carbocycles. The van der Waals surface area contributed by atoms with Gasteiger partial charge in [0.15, 0.2) is 0 Å². The topological polar surface area (TPSA) is 75.1 Å². The minimum atomic E-state index is -0.981. The number of hydrogen-bond acceptors (Lipinski definition) is 4. The van der Waals surface area contributed by atoms with Crippen molar-refractivity contribution < 1.29 is 9.90 Å². The molecule has 1 atom stereocenters. The highest BCUT2D eigenvalue weighted by Gasteiger charge is 2.14. The summed E-state index contributed by atoms with van der Waals surface area (Å²) < 4.78 is 0. The summed E-state index contributed by atoms with van der Waals surface area (Å²) in [5, 5.41) is 12.3. The fraction of sp³-hybridized carbons (Fsp3) is 0.417. The lowest BCUT2D eigenvalue weighted by molar-refractivity contribution is 0.0694. The molecule has 0 aliphatic heterocycles. The van der Waals surface area contributed by atoms with Gasteiger partial charge in [-0.3, -0.25) is 0 Å². The van der Waals surface area contributed by atoms with Gasteiger partial charge in [0.1, 0.15) is 11.9 Å². The average molecular weight is 233 g/mol. The second kappa shape index (κ2) is 5.54. The molecule has 17 heavy (non-hydrogen) atoms. The highest BCUT2D eigenvalue weighted by Crippen LogP contribution is 2.11. The Labute approximate surface area is 99.6 Å². The number of aromatic carboxylic acids is 1. The molecule has 0 aromatic carbocycles. The Kier molecular flexibility index (Phi) is 3.82. The minimum absolute atomic E-state index is 0.173. The molecule has 0 spiro atoms. The van der Waals surface area contributed by atoms with Gasteiger partial charge in [-0.25, -0.2) is 14.8 Å². The van der Waals surface area contributed by atoms with Crippen LogP contribution in [0.1, 0.15) is 35.3 Å². The number of carboxylic acid groups (broad SMARTS) is 1. The summed E-state index contributed by atoms with van der Waals surface area (Å²) >= 11 is 0. The molecule has 0 saturated heterocycles. The lowest BCUT2D eigenvalue weighted by atomic mass is 10.0. The summed E-state index contributed by atoms with van der Waals surface area (Å²) in [4.78, 5) is 18.7. The monoisotopic (exact) mass is 233 g/mol. The third-order valence-corrected chi connectivity index (χ3v) is 2.85. The van der Waals surface area contributed by atoms with Crippen molar-refractivity contribution in [3.63, 3.8) is 0 Å². The Hall–Kier alpha value is -1.75. The van der Waals surface area contributed by atoms with Gasteiger partial charge >= 0.3 is 5.97 Å². The molecule has 1 heterocycles. The van der Waals surface area contributed by atoms with Gasteiger partial charge in [0.05, 0.1) is 5.69 Å². The van der Waals surface area contributed by atoms with E-state index in [4.69, 9.17) is 5.11 Å². The van der Waals surface area contributed by atoms with Crippen LogP contribution < -0.4 is 5.32 Å². The van der Waals surface area contributed by atoms with Crippen LogP contribution in [0.2, 0.25) is 0 Å². The van der Waals surface area contributed by atoms with Crippen LogP contribution in [0.3, 0.4) is 0 Å². The minimum Gasteiger partial charge on any atom is -0.478 e. The molecule has 90 valence electrons. The number of nitrogens with zero attached hydrogens (tertiary/aromatic N) is 2. The number of hydrogen-bond donors (Lipinski definition) is 2. The first kappa shape index (κ1) is 11.7. The van der Waals surface area contributed by atoms with E-state index in [1.807, 2.05) is 0 Å². The molecule has 0 saturated carbocycles. The Balaban J connectivity index is 1.98. The normalized spacial score (nSPS) is 19.2. The van der Waals surface area contributed by atoms with Gasteiger partial charge in [-0.2, -0.15) is 0 Å². The zero-order chi connectivity index (χ0) is 12.1. The molecule has 5 nitrogen and oxygen atoms in total. The van der Waals surface area contributed by atoms with E-state index in [2.05, 4.69) is 27.4 Å². The van der Waals surface area contributed by atoms with Crippen LogP contribution in [-0.4, -0.2) is 27.1 Å². The quantitative estimate of drug-likeness (QED) is 0.768. The molecule has 1 unspecified atom stereocenters. The first-order valence-corrected chi connectivity index (χ1v) is 5.68. The van der Waals surface area contributed by atoms with E-state index >= 15 is 0 Å². The lowest BCUT2D eigenvalue weighted by Gasteiger charge is -2.19. The number of carboxylic acids is 1. The van der Waals surface area contributed by atoms with Crippen molar-refractivity contribution in [1.29, 1.82) is 0 Å². The van der Waals surface area contributed by atoms with Crippen molar-refractivity contribution in [2.45, 2.75) is 31.8 Å². The second-order valence-electron chi connectivity index (χ2n) is 4.05. The van der Waals surface area contributed by atoms with E-state index in [1.54, 1.807) is 0 Å². The largest absolute Gasteiger partial charge is 0.478 e. The lowest BCUT2D eigenvalue weighted by Crippen LogP contribution is -2.30. The first-order chi connectivity index (χ1) is 8.27. The van der Waals surface area contributed by atoms with E-state index in [1.165, 1.54) is 12.5 Å². The van der Waals surface area contributed by atoms with Crippen LogP contribution in [0.4, 0.5) is 0 Å². The van der Waals surface area contributed by atoms with Gasteiger partial charge in [0, 0.05) is 18.8 Å². The number of nitrogens with one attached hydrogen (secondary N) is 1. The molecule has 2 rings (SSSR count). The predicted octanol–water partition coefficient (Wildman–Crippen LogP) is 1.37. The van der Waals surface area contributed by atoms with E-state index in [0.717, 1.165) is 19.3 Å². The Bertz CT molecular complexity index is 432. The standard InChI is InChI=1S/C12H15N3O2/c16-12(17)10-6-13-8-15-11(10)7-14-9-4-2-1-3-5-9/h1-2,6,8-9,14H,3-5,7H2,(H,16,17). The van der Waals surface area contributed by atoms with E-state index < -0.39 is 5.97 Å². The second-order valence-corrected chi connectivity index (χ2v) is 4.05. The fourth-order valence-corrected chi connectivity index (χ4v) is 1.89. The van der Waals surface area contributed by atoms with Crippen LogP contribution in [0, 0.1) is 0 Å². The van der Waals surface area contributed by atoms with Gasteiger partial charge in [0.2, 0.25) is 0 Å². The van der Waals surface area contributed by atoms with Crippen LogP contribution >= 0.6 is 0 Å². The van der Waals surface area contributed by atoms with Crippen LogP contribution in [-0.2, 0) is 6.54 Å². The fourth-order valence-electron chi connectivity index (χ4n) is 1.89. The van der Waals surface area contributed by atoms with Crippen LogP contribution in [0.25, 0.3) is 0 Å². The van der Waals surface area contributed by atoms with Gasteiger partial charge in [-0.1, -0.05) is 12.2 Å². The van der Waals surface area contributed by atoms with Gasteiger partial charge in [0.25, 0.3) is 0 Å². The molecule has 5 heteroatoms. The van der Waals surface area contributed by atoms with E-state index in [9.17, 15) is 4.79 Å². The van der Waals surface area contributed by atoms with Gasteiger partial charge < -0.3 is 10.4 Å². The smallest absolute Gasteiger partial charge is 0.339 e. The number of rotatable bonds is 4. The molecule has 0 bridgehead atoms. The summed E-state index contributed by atoms with van der Waals surface area (Å²) in [6.45, 7) is 0.475. The van der Waals surface area contributed by atoms with Crippen LogP contribution in [0.15, 0.2) is 24.7 Å². The highest BCUT2D eigenvalue weighted by molar-refractivity contribution is 5.88. The van der Waals surface area contributed by atoms with Crippen molar-refractivity contribution in [2.24, 2.45) is 0 Å². The molecule has 2 N–H and O–H groups in total. The Morgan fingerprint density at radius 3 is 3.12 bits per heavy atom. The predicted molar refractivity (Wildman–Crippen MR) is 62.6 cm³/mol. The third kappa shape index (κ3) is 3.10. The molecule has 0 amide bonds. The zero-order valence-electron chi connectivity index (χ0n) is 9.47. The highest BCUT2D eigenvalue weighted by atomic mass is 16.4. The van der Waals surface area contributed by atoms with Gasteiger partial charge in [-0.15, -0.1) is 0 Å². The summed E-state index contributed by atoms with van der Waals surface area (Å²) in [6.07, 6.45) is 10.2. The summed E-state index contributed by atoms with van der Waals surface area (Å²) in [5.74, 6) is -0.981. The maximum atomic E-state index is 11.0. The number of carbonyl (C=O) groups is 1. The van der Waals surface area contributed by atoms with E-state index in [0.29, 0.717) is 18.3 Å². The van der Waals surface area contributed by atoms with Crippen molar-refractivity contribution in [3.8, 4) is 0 Å². The third-order valence-electron chi connectivity index (χ3n) is 2.85. The van der Waals surface area contributed by atoms with Crippen molar-refractivity contribution >= 4 is 5.97 Å². The molecule has 1 aliphatic rings. The van der Waals surface area contributed by atoms with Crippen molar-refractivity contribution in [2.75, 3.05) is 0 Å². The molecule has 0 fully saturated rings. The Morgan fingerprint density at radius 2 is 2.41 bits per heavy atom. The van der Waals surface area contributed by atoms with Crippen LogP contribution in [0.5, 0.6) is 0 Å². The average Bonchev–Trinajstić information content (AvgIpc) is 2.38. The first-order valence-electron chi connectivity index (χ1n) is 5.68. The van der Waals surface area contributed by atoms with Gasteiger partial charge in [-0.05, 0) is 19.3 Å². The number of aromatic nitrogens is 2. The van der Waals surface area contributed by atoms with E-state index in [-0.39, 0.29) is 5.56 Å². The summed E-state index contributed by atoms with van der Waals surface area (Å²) in [5.41, 5.74) is 0.716.